The van der Waals surface area contributed by atoms with E-state index in [9.17, 15) is 4.39 Å². The molecule has 4 nitrogen and oxygen atoms in total. The van der Waals surface area contributed by atoms with E-state index < -0.39 is 0 Å². The molecule has 0 aliphatic heterocycles. The van der Waals surface area contributed by atoms with Crippen molar-refractivity contribution in [2.24, 2.45) is 0 Å². The van der Waals surface area contributed by atoms with Crippen molar-refractivity contribution in [1.29, 1.82) is 0 Å². The number of rotatable bonds is 2. The number of anilines is 2. The average molecular weight is 273 g/mol. The second kappa shape index (κ2) is 4.81. The number of aromatic nitrogens is 3. The Kier molecular flexibility index (Phi) is 3.40. The van der Waals surface area contributed by atoms with Gasteiger partial charge >= 0.3 is 0 Å². The Balaban J connectivity index is 2.38. The van der Waals surface area contributed by atoms with Gasteiger partial charge in [-0.3, -0.25) is 0 Å². The van der Waals surface area contributed by atoms with Gasteiger partial charge in [-0.2, -0.15) is 4.98 Å². The van der Waals surface area contributed by atoms with Crippen LogP contribution in [0.15, 0.2) is 18.2 Å². The van der Waals surface area contributed by atoms with Crippen molar-refractivity contribution < 1.29 is 4.39 Å². The molecule has 0 amide bonds. The molecular weight excluding hydrogens is 266 g/mol. The zero-order chi connectivity index (χ0) is 12.4. The summed E-state index contributed by atoms with van der Waals surface area (Å²) in [6, 6.07) is 4.65. The van der Waals surface area contributed by atoms with Gasteiger partial charge in [0.15, 0.2) is 11.0 Å². The van der Waals surface area contributed by atoms with Gasteiger partial charge in [0.1, 0.15) is 5.82 Å². The predicted molar refractivity (Wildman–Crippen MR) is 64.3 cm³/mol. The van der Waals surface area contributed by atoms with Crippen LogP contribution in [0.25, 0.3) is 0 Å². The first-order valence-corrected chi connectivity index (χ1v) is 5.41. The summed E-state index contributed by atoms with van der Waals surface area (Å²) in [6.45, 7) is 1.64. The van der Waals surface area contributed by atoms with Crippen molar-refractivity contribution in [3.05, 3.63) is 40.0 Å². The highest BCUT2D eigenvalue weighted by molar-refractivity contribution is 6.32. The van der Waals surface area contributed by atoms with Crippen LogP contribution in [0.3, 0.4) is 0 Å². The average Bonchev–Trinajstić information content (AvgIpc) is 2.30. The molecule has 0 aliphatic rings. The largest absolute Gasteiger partial charge is 0.337 e. The minimum atomic E-state index is -0.320. The van der Waals surface area contributed by atoms with E-state index in [1.54, 1.807) is 19.1 Å². The fraction of sp³-hybridized carbons (Fsp3) is 0.100. The van der Waals surface area contributed by atoms with E-state index >= 15 is 0 Å². The van der Waals surface area contributed by atoms with Crippen LogP contribution in [-0.4, -0.2) is 15.2 Å². The topological polar surface area (TPSA) is 50.7 Å². The molecular formula is C10H7Cl2FN4. The smallest absolute Gasteiger partial charge is 0.245 e. The Hall–Kier alpha value is -1.46. The molecule has 1 N–H and O–H groups in total. The Labute approximate surface area is 107 Å². The minimum Gasteiger partial charge on any atom is -0.337 e. The van der Waals surface area contributed by atoms with Crippen LogP contribution in [-0.2, 0) is 0 Å². The fourth-order valence-electron chi connectivity index (χ4n) is 1.24. The van der Waals surface area contributed by atoms with Crippen LogP contribution >= 0.6 is 23.2 Å². The lowest BCUT2D eigenvalue weighted by atomic mass is 10.2. The lowest BCUT2D eigenvalue weighted by Crippen LogP contribution is -2.01. The number of halogens is 3. The highest BCUT2D eigenvalue weighted by Crippen LogP contribution is 2.25. The summed E-state index contributed by atoms with van der Waals surface area (Å²) < 4.78 is 13.3. The first-order chi connectivity index (χ1) is 8.08. The Morgan fingerprint density at radius 2 is 2.00 bits per heavy atom. The molecule has 2 aromatic rings. The lowest BCUT2D eigenvalue weighted by molar-refractivity contribution is 0.619. The van der Waals surface area contributed by atoms with Crippen LogP contribution < -0.4 is 5.32 Å². The van der Waals surface area contributed by atoms with Crippen LogP contribution in [0.4, 0.5) is 15.9 Å². The van der Waals surface area contributed by atoms with Crippen molar-refractivity contribution in [1.82, 2.24) is 15.2 Å². The van der Waals surface area contributed by atoms with E-state index in [0.717, 1.165) is 0 Å². The summed E-state index contributed by atoms with van der Waals surface area (Å²) in [4.78, 5) is 3.87. The number of hydrogen-bond acceptors (Lipinski definition) is 4. The molecule has 0 atom stereocenters. The standard InChI is InChI=1S/C10H7Cl2FN4/c1-5-6(13)3-2-4-7(5)14-9-8(11)16-17-10(12)15-9/h2-4H,1H3,(H,14,15,17). The maximum Gasteiger partial charge on any atom is 0.245 e. The number of nitrogens with one attached hydrogen (secondary N) is 1. The maximum atomic E-state index is 13.3. The van der Waals surface area contributed by atoms with E-state index in [1.165, 1.54) is 6.07 Å². The molecule has 0 fully saturated rings. The summed E-state index contributed by atoms with van der Waals surface area (Å²) >= 11 is 11.4. The summed E-state index contributed by atoms with van der Waals surface area (Å²) in [6.07, 6.45) is 0. The Morgan fingerprint density at radius 1 is 1.24 bits per heavy atom. The van der Waals surface area contributed by atoms with Crippen LogP contribution in [0.2, 0.25) is 10.4 Å². The van der Waals surface area contributed by atoms with Gasteiger partial charge in [0.2, 0.25) is 5.28 Å². The van der Waals surface area contributed by atoms with Crippen molar-refractivity contribution in [3.63, 3.8) is 0 Å². The summed E-state index contributed by atoms with van der Waals surface area (Å²) in [7, 11) is 0. The first kappa shape index (κ1) is 12.0. The third kappa shape index (κ3) is 2.62. The summed E-state index contributed by atoms with van der Waals surface area (Å²) in [5.74, 6) is -0.0837. The van der Waals surface area contributed by atoms with E-state index in [2.05, 4.69) is 20.5 Å². The Morgan fingerprint density at radius 3 is 2.76 bits per heavy atom. The molecule has 0 aliphatic carbocycles. The molecule has 0 spiro atoms. The van der Waals surface area contributed by atoms with E-state index in [1.807, 2.05) is 0 Å². The molecule has 88 valence electrons. The number of benzene rings is 1. The minimum absolute atomic E-state index is 0.0362. The SMILES string of the molecule is Cc1c(F)cccc1Nc1nc(Cl)nnc1Cl. The maximum absolute atomic E-state index is 13.3. The molecule has 0 bridgehead atoms. The van der Waals surface area contributed by atoms with Crippen LogP contribution in [0.5, 0.6) is 0 Å². The predicted octanol–water partition coefficient (Wildman–Crippen LogP) is 3.37. The molecule has 0 unspecified atom stereocenters. The second-order valence-corrected chi connectivity index (χ2v) is 3.95. The van der Waals surface area contributed by atoms with Gasteiger partial charge in [0, 0.05) is 11.3 Å². The first-order valence-electron chi connectivity index (χ1n) is 4.66. The highest BCUT2D eigenvalue weighted by atomic mass is 35.5. The van der Waals surface area contributed by atoms with Crippen molar-refractivity contribution in [2.75, 3.05) is 5.32 Å². The Bertz CT molecular complexity index is 562. The molecule has 1 heterocycles. The quantitative estimate of drug-likeness (QED) is 0.911. The zero-order valence-electron chi connectivity index (χ0n) is 8.71. The van der Waals surface area contributed by atoms with Crippen LogP contribution in [0, 0.1) is 12.7 Å². The second-order valence-electron chi connectivity index (χ2n) is 3.26. The van der Waals surface area contributed by atoms with Gasteiger partial charge < -0.3 is 5.32 Å². The van der Waals surface area contributed by atoms with Crippen molar-refractivity contribution in [2.45, 2.75) is 6.92 Å². The van der Waals surface area contributed by atoms with Gasteiger partial charge in [-0.15, -0.1) is 10.2 Å². The third-order valence-corrected chi connectivity index (χ3v) is 2.56. The number of hydrogen-bond donors (Lipinski definition) is 1. The van der Waals surface area contributed by atoms with Gasteiger partial charge in [0.25, 0.3) is 0 Å². The lowest BCUT2D eigenvalue weighted by Gasteiger charge is -2.09. The van der Waals surface area contributed by atoms with Crippen molar-refractivity contribution >= 4 is 34.7 Å². The van der Waals surface area contributed by atoms with Gasteiger partial charge in [-0.05, 0) is 30.7 Å². The molecule has 0 saturated carbocycles. The van der Waals surface area contributed by atoms with Gasteiger partial charge in [-0.1, -0.05) is 17.7 Å². The zero-order valence-corrected chi connectivity index (χ0v) is 10.2. The van der Waals surface area contributed by atoms with E-state index in [0.29, 0.717) is 11.3 Å². The third-order valence-electron chi connectivity index (χ3n) is 2.14. The summed E-state index contributed by atoms with van der Waals surface area (Å²) in [5.41, 5.74) is 1.00. The molecule has 17 heavy (non-hydrogen) atoms. The molecule has 0 saturated heterocycles. The van der Waals surface area contributed by atoms with Gasteiger partial charge in [-0.25, -0.2) is 4.39 Å². The molecule has 2 rings (SSSR count). The molecule has 7 heteroatoms. The molecule has 0 radical (unpaired) electrons. The molecule has 1 aromatic heterocycles. The van der Waals surface area contributed by atoms with E-state index in [4.69, 9.17) is 23.2 Å². The fourth-order valence-corrected chi connectivity index (χ4v) is 1.49. The highest BCUT2D eigenvalue weighted by Gasteiger charge is 2.09. The molecule has 1 aromatic carbocycles. The number of nitrogens with zero attached hydrogens (tertiary/aromatic N) is 3. The summed E-state index contributed by atoms with van der Waals surface area (Å²) in [5, 5.41) is 9.95. The van der Waals surface area contributed by atoms with Crippen molar-refractivity contribution in [3.8, 4) is 0 Å². The van der Waals surface area contributed by atoms with Crippen LogP contribution in [0.1, 0.15) is 5.56 Å². The van der Waals surface area contributed by atoms with E-state index in [-0.39, 0.29) is 22.1 Å². The van der Waals surface area contributed by atoms with Gasteiger partial charge in [0.05, 0.1) is 0 Å². The normalized spacial score (nSPS) is 10.4. The monoisotopic (exact) mass is 272 g/mol.